The molecule has 1 unspecified atom stereocenters. The van der Waals surface area contributed by atoms with Gasteiger partial charge in [-0.15, -0.1) is 0 Å². The first-order valence-electron chi connectivity index (χ1n) is 6.30. The van der Waals surface area contributed by atoms with Gasteiger partial charge in [0.2, 0.25) is 0 Å². The van der Waals surface area contributed by atoms with Crippen LogP contribution in [0.1, 0.15) is 26.2 Å². The molecule has 1 aliphatic heterocycles. The Morgan fingerprint density at radius 3 is 2.56 bits per heavy atom. The molecule has 0 spiro atoms. The van der Waals surface area contributed by atoms with E-state index in [1.165, 1.54) is 0 Å². The quantitative estimate of drug-likeness (QED) is 0.768. The second-order valence-corrected chi connectivity index (χ2v) is 4.81. The number of nitrogens with one attached hydrogen (secondary N) is 1. The molecule has 6 heteroatoms. The molecule has 0 aliphatic carbocycles. The Kier molecular flexibility index (Phi) is 5.91. The number of likely N-dealkylation sites (tertiary alicyclic amines) is 1. The van der Waals surface area contributed by atoms with Gasteiger partial charge in [-0.2, -0.15) is 0 Å². The van der Waals surface area contributed by atoms with Crippen molar-refractivity contribution in [1.29, 1.82) is 0 Å². The van der Waals surface area contributed by atoms with E-state index < -0.39 is 5.97 Å². The van der Waals surface area contributed by atoms with E-state index in [1.54, 1.807) is 12.0 Å². The molecule has 0 aromatic carbocycles. The minimum atomic E-state index is -0.836. The monoisotopic (exact) mass is 258 g/mol. The van der Waals surface area contributed by atoms with Crippen LogP contribution in [0.2, 0.25) is 0 Å². The number of amides is 2. The number of rotatable bonds is 5. The summed E-state index contributed by atoms with van der Waals surface area (Å²) in [4.78, 5) is 24.1. The fraction of sp³-hybridized carbons (Fsp3) is 0.833. The van der Waals surface area contributed by atoms with Crippen molar-refractivity contribution in [3.63, 3.8) is 0 Å². The van der Waals surface area contributed by atoms with Crippen LogP contribution in [0, 0.1) is 5.92 Å². The zero-order chi connectivity index (χ0) is 13.5. The highest BCUT2D eigenvalue weighted by atomic mass is 16.5. The summed E-state index contributed by atoms with van der Waals surface area (Å²) in [5.41, 5.74) is 0. The van der Waals surface area contributed by atoms with E-state index in [4.69, 9.17) is 9.84 Å². The topological polar surface area (TPSA) is 78.9 Å². The lowest BCUT2D eigenvalue weighted by Crippen LogP contribution is -2.46. The number of carbonyl (C=O) groups is 2. The van der Waals surface area contributed by atoms with E-state index in [-0.39, 0.29) is 24.5 Å². The Hall–Kier alpha value is -1.30. The van der Waals surface area contributed by atoms with Gasteiger partial charge in [0.25, 0.3) is 0 Å². The van der Waals surface area contributed by atoms with Gasteiger partial charge >= 0.3 is 12.0 Å². The average molecular weight is 258 g/mol. The van der Waals surface area contributed by atoms with Crippen molar-refractivity contribution in [2.45, 2.75) is 32.3 Å². The number of nitrogens with zero attached hydrogens (tertiary/aromatic N) is 1. The number of urea groups is 1. The number of ether oxygens (including phenoxy) is 1. The maximum Gasteiger partial charge on any atom is 0.317 e. The van der Waals surface area contributed by atoms with Gasteiger partial charge in [-0.3, -0.25) is 4.79 Å². The van der Waals surface area contributed by atoms with Crippen molar-refractivity contribution < 1.29 is 19.4 Å². The van der Waals surface area contributed by atoms with Crippen LogP contribution in [0.5, 0.6) is 0 Å². The van der Waals surface area contributed by atoms with Crippen LogP contribution < -0.4 is 5.32 Å². The summed E-state index contributed by atoms with van der Waals surface area (Å²) in [6.07, 6.45) is 2.04. The zero-order valence-electron chi connectivity index (χ0n) is 11.0. The number of aliphatic carboxylic acids is 1. The molecule has 2 amide bonds. The van der Waals surface area contributed by atoms with Gasteiger partial charge in [0.15, 0.2) is 0 Å². The Bertz CT molecular complexity index is 288. The maximum atomic E-state index is 11.8. The summed E-state index contributed by atoms with van der Waals surface area (Å²) in [6, 6.07) is -0.109. The number of carboxylic acids is 1. The normalized spacial score (nSPS) is 18.4. The Balaban J connectivity index is 2.23. The van der Waals surface area contributed by atoms with Gasteiger partial charge < -0.3 is 20.1 Å². The van der Waals surface area contributed by atoms with Gasteiger partial charge in [0, 0.05) is 33.2 Å². The molecule has 104 valence electrons. The summed E-state index contributed by atoms with van der Waals surface area (Å²) >= 11 is 0. The molecule has 1 atom stereocenters. The second-order valence-electron chi connectivity index (χ2n) is 4.81. The van der Waals surface area contributed by atoms with Gasteiger partial charge in [-0.1, -0.05) is 6.92 Å². The number of methoxy groups -OCH3 is 1. The van der Waals surface area contributed by atoms with Crippen LogP contribution in [-0.2, 0) is 9.53 Å². The highest BCUT2D eigenvalue weighted by molar-refractivity contribution is 5.74. The Morgan fingerprint density at radius 2 is 2.06 bits per heavy atom. The van der Waals surface area contributed by atoms with Crippen molar-refractivity contribution in [3.05, 3.63) is 0 Å². The molecule has 0 radical (unpaired) electrons. The van der Waals surface area contributed by atoms with Crippen LogP contribution >= 0.6 is 0 Å². The van der Waals surface area contributed by atoms with E-state index in [0.29, 0.717) is 19.6 Å². The lowest BCUT2D eigenvalue weighted by Gasteiger charge is -2.31. The Morgan fingerprint density at radius 1 is 1.44 bits per heavy atom. The van der Waals surface area contributed by atoms with Crippen molar-refractivity contribution >= 4 is 12.0 Å². The molecule has 1 saturated heterocycles. The number of carbonyl (C=O) groups excluding carboxylic acids is 1. The molecule has 0 saturated carbocycles. The lowest BCUT2D eigenvalue weighted by atomic mass is 10.1. The van der Waals surface area contributed by atoms with Crippen LogP contribution in [0.25, 0.3) is 0 Å². The van der Waals surface area contributed by atoms with Crippen molar-refractivity contribution in [3.8, 4) is 0 Å². The van der Waals surface area contributed by atoms with E-state index in [9.17, 15) is 9.59 Å². The minimum absolute atomic E-state index is 0.0528. The Labute approximate surface area is 107 Å². The summed E-state index contributed by atoms with van der Waals surface area (Å²) in [5, 5.41) is 11.4. The van der Waals surface area contributed by atoms with Gasteiger partial charge in [-0.25, -0.2) is 4.79 Å². The van der Waals surface area contributed by atoms with E-state index in [2.05, 4.69) is 5.32 Å². The summed E-state index contributed by atoms with van der Waals surface area (Å²) in [7, 11) is 1.69. The minimum Gasteiger partial charge on any atom is -0.481 e. The molecule has 1 aliphatic rings. The molecule has 1 heterocycles. The third kappa shape index (κ3) is 4.91. The molecule has 6 nitrogen and oxygen atoms in total. The first kappa shape index (κ1) is 14.8. The summed E-state index contributed by atoms with van der Waals surface area (Å²) < 4.78 is 5.24. The molecule has 2 N–H and O–H groups in total. The van der Waals surface area contributed by atoms with E-state index in [0.717, 1.165) is 12.8 Å². The standard InChI is InChI=1S/C12H22N2O4/c1-9(7-11(15)16)8-13-12(17)14-5-3-10(18-2)4-6-14/h9-10H,3-8H2,1-2H3,(H,13,17)(H,15,16). The molecule has 1 rings (SSSR count). The molecular formula is C12H22N2O4. The summed E-state index contributed by atoms with van der Waals surface area (Å²) in [6.45, 7) is 3.59. The molecule has 0 bridgehead atoms. The predicted molar refractivity (Wildman–Crippen MR) is 66.4 cm³/mol. The van der Waals surface area contributed by atoms with Crippen LogP contribution in [0.15, 0.2) is 0 Å². The molecule has 0 aromatic heterocycles. The van der Waals surface area contributed by atoms with Crippen LogP contribution in [0.4, 0.5) is 4.79 Å². The van der Waals surface area contributed by atoms with Crippen molar-refractivity contribution in [2.75, 3.05) is 26.7 Å². The highest BCUT2D eigenvalue weighted by Gasteiger charge is 2.22. The third-order valence-electron chi connectivity index (χ3n) is 3.19. The average Bonchev–Trinajstić information content (AvgIpc) is 2.35. The van der Waals surface area contributed by atoms with Crippen LogP contribution in [0.3, 0.4) is 0 Å². The predicted octanol–water partition coefficient (Wildman–Crippen LogP) is 0.918. The zero-order valence-corrected chi connectivity index (χ0v) is 11.0. The fourth-order valence-corrected chi connectivity index (χ4v) is 2.04. The van der Waals surface area contributed by atoms with Gasteiger partial charge in [-0.05, 0) is 18.8 Å². The number of hydrogen-bond donors (Lipinski definition) is 2. The first-order chi connectivity index (χ1) is 8.52. The van der Waals surface area contributed by atoms with Gasteiger partial charge in [0.1, 0.15) is 0 Å². The smallest absolute Gasteiger partial charge is 0.317 e. The second kappa shape index (κ2) is 7.20. The van der Waals surface area contributed by atoms with E-state index >= 15 is 0 Å². The molecular weight excluding hydrogens is 236 g/mol. The lowest BCUT2D eigenvalue weighted by molar-refractivity contribution is -0.137. The third-order valence-corrected chi connectivity index (χ3v) is 3.19. The van der Waals surface area contributed by atoms with Gasteiger partial charge in [0.05, 0.1) is 6.10 Å². The highest BCUT2D eigenvalue weighted by Crippen LogP contribution is 2.12. The van der Waals surface area contributed by atoms with Crippen LogP contribution in [-0.4, -0.2) is 54.9 Å². The van der Waals surface area contributed by atoms with Crippen molar-refractivity contribution in [2.24, 2.45) is 5.92 Å². The fourth-order valence-electron chi connectivity index (χ4n) is 2.04. The summed E-state index contributed by atoms with van der Waals surface area (Å²) in [5.74, 6) is -0.888. The number of carboxylic acid groups (broad SMARTS) is 1. The first-order valence-corrected chi connectivity index (χ1v) is 6.30. The molecule has 1 fully saturated rings. The number of hydrogen-bond acceptors (Lipinski definition) is 3. The molecule has 18 heavy (non-hydrogen) atoms. The maximum absolute atomic E-state index is 11.8. The van der Waals surface area contributed by atoms with E-state index in [1.807, 2.05) is 6.92 Å². The number of piperidine rings is 1. The van der Waals surface area contributed by atoms with Crippen molar-refractivity contribution in [1.82, 2.24) is 10.2 Å². The largest absolute Gasteiger partial charge is 0.481 e. The SMILES string of the molecule is COC1CCN(C(=O)NCC(C)CC(=O)O)CC1. The molecule has 0 aromatic rings.